The summed E-state index contributed by atoms with van der Waals surface area (Å²) in [5.41, 5.74) is 9.23. The molecule has 0 spiro atoms. The van der Waals surface area contributed by atoms with E-state index in [1.807, 2.05) is 19.1 Å². The predicted octanol–water partition coefficient (Wildman–Crippen LogP) is 2.32. The van der Waals surface area contributed by atoms with Crippen molar-refractivity contribution in [3.8, 4) is 11.5 Å². The van der Waals surface area contributed by atoms with Gasteiger partial charge in [0, 0.05) is 50.3 Å². The number of rotatable bonds is 5. The molecule has 7 heteroatoms. The van der Waals surface area contributed by atoms with E-state index in [0.717, 1.165) is 48.8 Å². The van der Waals surface area contributed by atoms with Gasteiger partial charge in [0.05, 0.1) is 12.3 Å². The van der Waals surface area contributed by atoms with Crippen molar-refractivity contribution in [1.29, 1.82) is 0 Å². The number of nitrogens with two attached hydrogens (primary N) is 1. The smallest absolute Gasteiger partial charge is 0.227 e. The van der Waals surface area contributed by atoms with Gasteiger partial charge in [-0.3, -0.25) is 4.90 Å². The van der Waals surface area contributed by atoms with Crippen molar-refractivity contribution in [2.24, 2.45) is 0 Å². The highest BCUT2D eigenvalue weighted by Gasteiger charge is 2.24. The van der Waals surface area contributed by atoms with Gasteiger partial charge in [0.15, 0.2) is 11.5 Å². The molecule has 0 atom stereocenters. The molecule has 4 rings (SSSR count). The van der Waals surface area contributed by atoms with Crippen molar-refractivity contribution in [1.82, 2.24) is 14.9 Å². The Morgan fingerprint density at radius 2 is 2.00 bits per heavy atom. The van der Waals surface area contributed by atoms with Crippen LogP contribution in [0.1, 0.15) is 36.6 Å². The van der Waals surface area contributed by atoms with E-state index >= 15 is 0 Å². The average Bonchev–Trinajstić information content (AvgIpc) is 3.20. The van der Waals surface area contributed by atoms with Crippen LogP contribution in [0.15, 0.2) is 18.2 Å². The molecule has 1 aromatic carbocycles. The Balaban J connectivity index is 1.51. The van der Waals surface area contributed by atoms with Crippen molar-refractivity contribution in [3.63, 3.8) is 0 Å². The zero-order chi connectivity index (χ0) is 18.8. The predicted molar refractivity (Wildman–Crippen MR) is 105 cm³/mol. The number of anilines is 2. The van der Waals surface area contributed by atoms with Crippen LogP contribution in [0.25, 0.3) is 0 Å². The zero-order valence-electron chi connectivity index (χ0n) is 15.8. The minimum Gasteiger partial charge on any atom is -0.504 e. The second-order valence-corrected chi connectivity index (χ2v) is 7.19. The number of fused-ring (bicyclic) bond motifs is 1. The molecule has 144 valence electrons. The number of hydrogen-bond acceptors (Lipinski definition) is 7. The Morgan fingerprint density at radius 3 is 2.78 bits per heavy atom. The average molecular weight is 369 g/mol. The van der Waals surface area contributed by atoms with E-state index in [1.54, 1.807) is 6.07 Å². The Kier molecular flexibility index (Phi) is 5.03. The van der Waals surface area contributed by atoms with Gasteiger partial charge in [0.2, 0.25) is 5.95 Å². The highest BCUT2D eigenvalue weighted by molar-refractivity contribution is 5.50. The summed E-state index contributed by atoms with van der Waals surface area (Å²) in [6.45, 7) is 6.67. The van der Waals surface area contributed by atoms with E-state index in [1.165, 1.54) is 12.8 Å². The van der Waals surface area contributed by atoms with Gasteiger partial charge < -0.3 is 20.5 Å². The number of aromatic hydroxyl groups is 1. The maximum absolute atomic E-state index is 10.5. The van der Waals surface area contributed by atoms with E-state index in [9.17, 15) is 5.11 Å². The number of hydrogen-bond donors (Lipinski definition) is 2. The van der Waals surface area contributed by atoms with Gasteiger partial charge in [-0.2, -0.15) is 4.98 Å². The lowest BCUT2D eigenvalue weighted by molar-refractivity contribution is 0.238. The number of phenolic OH excluding ortho intramolecular Hbond substituents is 1. The molecule has 27 heavy (non-hydrogen) atoms. The van der Waals surface area contributed by atoms with Crippen LogP contribution >= 0.6 is 0 Å². The standard InChI is InChI=1S/C20H27N5O2/c1-2-27-17-7-5-6-14(18(17)26)12-24-11-8-16-15(13-24)19(21)23-20(22-16)25-9-3-4-10-25/h5-7,26H,2-4,8-13H2,1H3,(H2,21,22,23). The largest absolute Gasteiger partial charge is 0.504 e. The van der Waals surface area contributed by atoms with E-state index in [4.69, 9.17) is 15.5 Å². The summed E-state index contributed by atoms with van der Waals surface area (Å²) in [5.74, 6) is 2.11. The molecule has 1 saturated heterocycles. The number of phenols is 1. The fraction of sp³-hybridized carbons (Fsp3) is 0.500. The summed E-state index contributed by atoms with van der Waals surface area (Å²) in [5, 5.41) is 10.5. The molecule has 2 aliphatic rings. The molecule has 1 aromatic heterocycles. The molecule has 7 nitrogen and oxygen atoms in total. The summed E-state index contributed by atoms with van der Waals surface area (Å²) in [6.07, 6.45) is 3.23. The van der Waals surface area contributed by atoms with Crippen LogP contribution in [-0.4, -0.2) is 46.2 Å². The third-order valence-corrected chi connectivity index (χ3v) is 5.32. The monoisotopic (exact) mass is 369 g/mol. The first-order valence-electron chi connectivity index (χ1n) is 9.72. The van der Waals surface area contributed by atoms with Crippen molar-refractivity contribution in [3.05, 3.63) is 35.0 Å². The number of aromatic nitrogens is 2. The van der Waals surface area contributed by atoms with Crippen molar-refractivity contribution < 1.29 is 9.84 Å². The first-order valence-corrected chi connectivity index (χ1v) is 9.72. The first kappa shape index (κ1) is 17.9. The SMILES string of the molecule is CCOc1cccc(CN2CCc3nc(N4CCCC4)nc(N)c3C2)c1O. The molecule has 0 amide bonds. The molecule has 0 saturated carbocycles. The summed E-state index contributed by atoms with van der Waals surface area (Å²) < 4.78 is 5.49. The molecular formula is C20H27N5O2. The lowest BCUT2D eigenvalue weighted by atomic mass is 10.0. The third kappa shape index (κ3) is 3.64. The van der Waals surface area contributed by atoms with Gasteiger partial charge in [-0.1, -0.05) is 12.1 Å². The topological polar surface area (TPSA) is 87.7 Å². The maximum Gasteiger partial charge on any atom is 0.227 e. The Hall–Kier alpha value is -2.54. The van der Waals surface area contributed by atoms with E-state index in [2.05, 4.69) is 14.8 Å². The lowest BCUT2D eigenvalue weighted by Crippen LogP contribution is -2.32. The molecule has 0 bridgehead atoms. The van der Waals surface area contributed by atoms with E-state index in [0.29, 0.717) is 31.3 Å². The van der Waals surface area contributed by atoms with Crippen LogP contribution in [0.4, 0.5) is 11.8 Å². The molecule has 2 aliphatic heterocycles. The summed E-state index contributed by atoms with van der Waals surface area (Å²) in [6, 6.07) is 5.64. The van der Waals surface area contributed by atoms with Gasteiger partial charge in [-0.25, -0.2) is 4.98 Å². The quantitative estimate of drug-likeness (QED) is 0.836. The molecular weight excluding hydrogens is 342 g/mol. The van der Waals surface area contributed by atoms with Gasteiger partial charge >= 0.3 is 0 Å². The van der Waals surface area contributed by atoms with Crippen molar-refractivity contribution in [2.45, 2.75) is 39.3 Å². The van der Waals surface area contributed by atoms with Gasteiger partial charge in [-0.05, 0) is 25.8 Å². The summed E-state index contributed by atoms with van der Waals surface area (Å²) in [4.78, 5) is 13.8. The van der Waals surface area contributed by atoms with Crippen LogP contribution < -0.4 is 15.4 Å². The van der Waals surface area contributed by atoms with Gasteiger partial charge in [-0.15, -0.1) is 0 Å². The highest BCUT2D eigenvalue weighted by atomic mass is 16.5. The van der Waals surface area contributed by atoms with E-state index in [-0.39, 0.29) is 5.75 Å². The second-order valence-electron chi connectivity index (χ2n) is 7.19. The highest BCUT2D eigenvalue weighted by Crippen LogP contribution is 2.32. The fourth-order valence-corrected chi connectivity index (χ4v) is 3.88. The summed E-state index contributed by atoms with van der Waals surface area (Å²) in [7, 11) is 0. The minimum absolute atomic E-state index is 0.221. The second kappa shape index (κ2) is 7.60. The fourth-order valence-electron chi connectivity index (χ4n) is 3.88. The zero-order valence-corrected chi connectivity index (χ0v) is 15.8. The Morgan fingerprint density at radius 1 is 1.19 bits per heavy atom. The first-order chi connectivity index (χ1) is 13.2. The molecule has 2 aromatic rings. The third-order valence-electron chi connectivity index (χ3n) is 5.32. The molecule has 0 radical (unpaired) electrons. The van der Waals surface area contributed by atoms with Crippen molar-refractivity contribution >= 4 is 11.8 Å². The number of benzene rings is 1. The van der Waals surface area contributed by atoms with Crippen molar-refractivity contribution in [2.75, 3.05) is 36.9 Å². The Bertz CT molecular complexity index is 820. The summed E-state index contributed by atoms with van der Waals surface area (Å²) >= 11 is 0. The number of para-hydroxylation sites is 1. The number of ether oxygens (including phenoxy) is 1. The number of nitrogens with zero attached hydrogens (tertiary/aromatic N) is 4. The minimum atomic E-state index is 0.221. The molecule has 1 fully saturated rings. The van der Waals surface area contributed by atoms with Crippen LogP contribution in [0, 0.1) is 0 Å². The van der Waals surface area contributed by atoms with Crippen LogP contribution in [-0.2, 0) is 19.5 Å². The number of nitrogen functional groups attached to an aromatic ring is 1. The molecule has 3 heterocycles. The van der Waals surface area contributed by atoms with Gasteiger partial charge in [0.1, 0.15) is 5.82 Å². The lowest BCUT2D eigenvalue weighted by Gasteiger charge is -2.30. The van der Waals surface area contributed by atoms with Crippen LogP contribution in [0.5, 0.6) is 11.5 Å². The van der Waals surface area contributed by atoms with E-state index < -0.39 is 0 Å². The molecule has 0 unspecified atom stereocenters. The van der Waals surface area contributed by atoms with Crippen LogP contribution in [0.2, 0.25) is 0 Å². The maximum atomic E-state index is 10.5. The van der Waals surface area contributed by atoms with Crippen LogP contribution in [0.3, 0.4) is 0 Å². The normalized spacial score (nSPS) is 17.1. The molecule has 0 aliphatic carbocycles. The Labute approximate surface area is 159 Å². The molecule has 3 N–H and O–H groups in total. The van der Waals surface area contributed by atoms with Gasteiger partial charge in [0.25, 0.3) is 0 Å².